The highest BCUT2D eigenvalue weighted by atomic mass is 16.1. The summed E-state index contributed by atoms with van der Waals surface area (Å²) in [6.07, 6.45) is 4.95. The summed E-state index contributed by atoms with van der Waals surface area (Å²) < 4.78 is 0. The number of hydrogen-bond donors (Lipinski definition) is 1. The van der Waals surface area contributed by atoms with Crippen LogP contribution < -0.4 is 10.2 Å². The van der Waals surface area contributed by atoms with Gasteiger partial charge in [0.1, 0.15) is 5.69 Å². The molecule has 0 aliphatic heterocycles. The standard InChI is InChI=1S/C20H27N3O/c1-5-7-13-23(4)17-11-12-18(21-14-17)20(24)22-19-15(3)9-8-10-16(19)6-2/h8-12,14H,5-7,13H2,1-4H3,(H,22,24). The molecule has 1 aromatic carbocycles. The van der Waals surface area contributed by atoms with Crippen molar-refractivity contribution in [2.75, 3.05) is 23.8 Å². The first-order valence-corrected chi connectivity index (χ1v) is 8.63. The summed E-state index contributed by atoms with van der Waals surface area (Å²) in [7, 11) is 2.05. The number of hydrogen-bond acceptors (Lipinski definition) is 3. The van der Waals surface area contributed by atoms with Crippen molar-refractivity contribution in [1.82, 2.24) is 4.98 Å². The third-order valence-electron chi connectivity index (χ3n) is 4.25. The number of pyridine rings is 1. The van der Waals surface area contributed by atoms with Crippen LogP contribution in [0.25, 0.3) is 0 Å². The Bertz CT molecular complexity index is 680. The van der Waals surface area contributed by atoms with Crippen molar-refractivity contribution in [3.8, 4) is 0 Å². The van der Waals surface area contributed by atoms with Crippen LogP contribution in [0.15, 0.2) is 36.5 Å². The Morgan fingerprint density at radius 2 is 2.00 bits per heavy atom. The molecule has 0 unspecified atom stereocenters. The summed E-state index contributed by atoms with van der Waals surface area (Å²) in [6, 6.07) is 9.81. The minimum atomic E-state index is -0.165. The number of aromatic nitrogens is 1. The van der Waals surface area contributed by atoms with Gasteiger partial charge >= 0.3 is 0 Å². The molecule has 2 aromatic rings. The molecule has 0 aliphatic rings. The molecule has 4 heteroatoms. The molecule has 0 radical (unpaired) electrons. The van der Waals surface area contributed by atoms with Crippen molar-refractivity contribution in [3.63, 3.8) is 0 Å². The van der Waals surface area contributed by atoms with E-state index in [-0.39, 0.29) is 5.91 Å². The summed E-state index contributed by atoms with van der Waals surface area (Å²) in [5.74, 6) is -0.165. The zero-order valence-electron chi connectivity index (χ0n) is 15.1. The largest absolute Gasteiger partial charge is 0.373 e. The van der Waals surface area contributed by atoms with Crippen LogP contribution in [-0.4, -0.2) is 24.5 Å². The third kappa shape index (κ3) is 4.34. The monoisotopic (exact) mass is 325 g/mol. The van der Waals surface area contributed by atoms with Gasteiger partial charge < -0.3 is 10.2 Å². The van der Waals surface area contributed by atoms with E-state index in [1.165, 1.54) is 0 Å². The van der Waals surface area contributed by atoms with Crippen molar-refractivity contribution < 1.29 is 4.79 Å². The lowest BCUT2D eigenvalue weighted by atomic mass is 10.1. The van der Waals surface area contributed by atoms with Crippen molar-refractivity contribution in [2.45, 2.75) is 40.0 Å². The zero-order valence-corrected chi connectivity index (χ0v) is 15.1. The van der Waals surface area contributed by atoms with E-state index in [4.69, 9.17) is 0 Å². The summed E-state index contributed by atoms with van der Waals surface area (Å²) in [6.45, 7) is 7.26. The number of benzene rings is 1. The van der Waals surface area contributed by atoms with E-state index in [1.54, 1.807) is 12.3 Å². The molecule has 0 saturated heterocycles. The molecule has 2 rings (SSSR count). The molecule has 0 aliphatic carbocycles. The van der Waals surface area contributed by atoms with Crippen molar-refractivity contribution in [2.24, 2.45) is 0 Å². The molecule has 1 heterocycles. The lowest BCUT2D eigenvalue weighted by Gasteiger charge is -2.18. The minimum absolute atomic E-state index is 0.165. The Morgan fingerprint density at radius 1 is 1.21 bits per heavy atom. The highest BCUT2D eigenvalue weighted by molar-refractivity contribution is 6.03. The van der Waals surface area contributed by atoms with E-state index in [9.17, 15) is 4.79 Å². The Labute approximate surface area is 144 Å². The van der Waals surface area contributed by atoms with Gasteiger partial charge in [0.05, 0.1) is 11.9 Å². The summed E-state index contributed by atoms with van der Waals surface area (Å²) >= 11 is 0. The summed E-state index contributed by atoms with van der Waals surface area (Å²) in [5, 5.41) is 3.01. The predicted octanol–water partition coefficient (Wildman–Crippen LogP) is 4.44. The fraction of sp³-hybridized carbons (Fsp3) is 0.400. The molecule has 24 heavy (non-hydrogen) atoms. The van der Waals surface area contributed by atoms with Gasteiger partial charge in [0.2, 0.25) is 0 Å². The van der Waals surface area contributed by atoms with E-state index >= 15 is 0 Å². The van der Waals surface area contributed by atoms with Crippen molar-refractivity contribution in [3.05, 3.63) is 53.3 Å². The fourth-order valence-corrected chi connectivity index (χ4v) is 2.65. The van der Waals surface area contributed by atoms with Gasteiger partial charge in [0, 0.05) is 19.3 Å². The first-order valence-electron chi connectivity index (χ1n) is 8.63. The fourth-order valence-electron chi connectivity index (χ4n) is 2.65. The second-order valence-electron chi connectivity index (χ2n) is 6.09. The third-order valence-corrected chi connectivity index (χ3v) is 4.25. The lowest BCUT2D eigenvalue weighted by molar-refractivity contribution is 0.102. The molecular weight excluding hydrogens is 298 g/mol. The average Bonchev–Trinajstić information content (AvgIpc) is 2.61. The topological polar surface area (TPSA) is 45.2 Å². The Morgan fingerprint density at radius 3 is 2.62 bits per heavy atom. The van der Waals surface area contributed by atoms with E-state index in [0.29, 0.717) is 5.69 Å². The summed E-state index contributed by atoms with van der Waals surface area (Å²) in [4.78, 5) is 19.0. The van der Waals surface area contributed by atoms with E-state index < -0.39 is 0 Å². The first-order chi connectivity index (χ1) is 11.6. The van der Waals surface area contributed by atoms with Crippen LogP contribution in [0.1, 0.15) is 48.3 Å². The van der Waals surface area contributed by atoms with E-state index in [0.717, 1.165) is 48.3 Å². The normalized spacial score (nSPS) is 10.5. The quantitative estimate of drug-likeness (QED) is 0.818. The van der Waals surface area contributed by atoms with Crippen molar-refractivity contribution >= 4 is 17.3 Å². The Balaban J connectivity index is 2.11. The van der Waals surface area contributed by atoms with Gasteiger partial charge in [-0.05, 0) is 43.0 Å². The first kappa shape index (κ1) is 18.0. The maximum Gasteiger partial charge on any atom is 0.274 e. The maximum absolute atomic E-state index is 12.5. The number of carbonyl (C=O) groups is 1. The van der Waals surface area contributed by atoms with Crippen LogP contribution in [0, 0.1) is 6.92 Å². The summed E-state index contributed by atoms with van der Waals surface area (Å²) in [5.41, 5.74) is 4.58. The SMILES string of the molecule is CCCCN(C)c1ccc(C(=O)Nc2c(C)cccc2CC)nc1. The highest BCUT2D eigenvalue weighted by Gasteiger charge is 2.12. The number of amides is 1. The molecule has 1 aromatic heterocycles. The van der Waals surface area contributed by atoms with Crippen LogP contribution in [0.4, 0.5) is 11.4 Å². The van der Waals surface area contributed by atoms with E-state index in [1.807, 2.05) is 38.2 Å². The highest BCUT2D eigenvalue weighted by Crippen LogP contribution is 2.22. The number of nitrogens with zero attached hydrogens (tertiary/aromatic N) is 2. The molecule has 1 N–H and O–H groups in total. The van der Waals surface area contributed by atoms with Crippen molar-refractivity contribution in [1.29, 1.82) is 0 Å². The minimum Gasteiger partial charge on any atom is -0.373 e. The van der Waals surface area contributed by atoms with Crippen LogP contribution in [0.2, 0.25) is 0 Å². The number of para-hydroxylation sites is 1. The number of aryl methyl sites for hydroxylation is 2. The Kier molecular flexibility index (Phi) is 6.36. The average molecular weight is 325 g/mol. The molecule has 1 amide bonds. The van der Waals surface area contributed by atoms with Gasteiger partial charge in [0.25, 0.3) is 5.91 Å². The van der Waals surface area contributed by atoms with E-state index in [2.05, 4.69) is 29.0 Å². The molecule has 0 saturated carbocycles. The van der Waals surface area contributed by atoms with Gasteiger partial charge in [-0.2, -0.15) is 0 Å². The number of nitrogens with one attached hydrogen (secondary N) is 1. The lowest BCUT2D eigenvalue weighted by Crippen LogP contribution is -2.19. The molecule has 0 spiro atoms. The zero-order chi connectivity index (χ0) is 17.5. The van der Waals surface area contributed by atoms with Gasteiger partial charge in [-0.1, -0.05) is 38.5 Å². The molecular formula is C20H27N3O. The molecule has 0 atom stereocenters. The van der Waals surface area contributed by atoms with Gasteiger partial charge in [0.15, 0.2) is 0 Å². The van der Waals surface area contributed by atoms with Crippen LogP contribution in [0.3, 0.4) is 0 Å². The smallest absolute Gasteiger partial charge is 0.274 e. The molecule has 4 nitrogen and oxygen atoms in total. The second-order valence-corrected chi connectivity index (χ2v) is 6.09. The van der Waals surface area contributed by atoms with Gasteiger partial charge in [-0.3, -0.25) is 4.79 Å². The van der Waals surface area contributed by atoms with Gasteiger partial charge in [-0.15, -0.1) is 0 Å². The number of anilines is 2. The van der Waals surface area contributed by atoms with Crippen LogP contribution in [-0.2, 0) is 6.42 Å². The number of carbonyl (C=O) groups excluding carboxylic acids is 1. The predicted molar refractivity (Wildman–Crippen MR) is 101 cm³/mol. The Hall–Kier alpha value is -2.36. The number of unbranched alkanes of at least 4 members (excludes halogenated alkanes) is 1. The number of rotatable bonds is 7. The molecule has 0 fully saturated rings. The molecule has 128 valence electrons. The second kappa shape index (κ2) is 8.48. The maximum atomic E-state index is 12.5. The van der Waals surface area contributed by atoms with Gasteiger partial charge in [-0.25, -0.2) is 4.98 Å². The van der Waals surface area contributed by atoms with Crippen LogP contribution >= 0.6 is 0 Å². The molecule has 0 bridgehead atoms. The van der Waals surface area contributed by atoms with Crippen LogP contribution in [0.5, 0.6) is 0 Å².